The van der Waals surface area contributed by atoms with E-state index in [1.165, 1.54) is 24.1 Å². The third-order valence-electron chi connectivity index (χ3n) is 4.32. The Morgan fingerprint density at radius 3 is 3.24 bits per heavy atom. The maximum atomic E-state index is 4.64. The Kier molecular flexibility index (Phi) is 3.00. The number of hydrogen-bond donors (Lipinski definition) is 1. The molecule has 1 aliphatic carbocycles. The summed E-state index contributed by atoms with van der Waals surface area (Å²) in [6, 6.07) is 6.47. The number of rotatable bonds is 3. The van der Waals surface area contributed by atoms with E-state index in [-0.39, 0.29) is 0 Å². The standard InChI is InChI=1S/C16H19N5/c1-20-15-6-4-5-14(13(15)10-18-20)17-9-12-11-21-8-3-2-7-16(21)19-12/h2-3,7-8,10-11,14,17H,4-6,9H2,1H3. The van der Waals surface area contributed by atoms with Gasteiger partial charge in [0.1, 0.15) is 5.65 Å². The summed E-state index contributed by atoms with van der Waals surface area (Å²) < 4.78 is 4.07. The molecular formula is C16H19N5. The number of aromatic nitrogens is 4. The van der Waals surface area contributed by atoms with Crippen molar-refractivity contribution in [1.82, 2.24) is 24.5 Å². The molecule has 1 N–H and O–H groups in total. The van der Waals surface area contributed by atoms with Gasteiger partial charge in [0, 0.05) is 43.3 Å². The fraction of sp³-hybridized carbons (Fsp3) is 0.375. The molecule has 3 heterocycles. The third-order valence-corrected chi connectivity index (χ3v) is 4.32. The molecular weight excluding hydrogens is 262 g/mol. The molecule has 0 saturated heterocycles. The van der Waals surface area contributed by atoms with E-state index in [4.69, 9.17) is 0 Å². The number of pyridine rings is 1. The summed E-state index contributed by atoms with van der Waals surface area (Å²) in [5.74, 6) is 0. The van der Waals surface area contributed by atoms with Crippen LogP contribution in [0, 0.1) is 0 Å². The summed E-state index contributed by atoms with van der Waals surface area (Å²) in [5, 5.41) is 8.03. The van der Waals surface area contributed by atoms with E-state index in [2.05, 4.69) is 26.0 Å². The first kappa shape index (κ1) is 12.6. The highest BCUT2D eigenvalue weighted by Crippen LogP contribution is 2.29. The Morgan fingerprint density at radius 2 is 2.33 bits per heavy atom. The van der Waals surface area contributed by atoms with Gasteiger partial charge in [0.2, 0.25) is 0 Å². The average Bonchev–Trinajstić information content (AvgIpc) is 3.09. The number of hydrogen-bond acceptors (Lipinski definition) is 3. The summed E-state index contributed by atoms with van der Waals surface area (Å²) in [5.41, 5.74) is 4.80. The molecule has 0 radical (unpaired) electrons. The molecule has 1 aliphatic rings. The summed E-state index contributed by atoms with van der Waals surface area (Å²) in [6.45, 7) is 0.792. The van der Waals surface area contributed by atoms with Crippen LogP contribution in [-0.4, -0.2) is 19.2 Å². The molecule has 0 bridgehead atoms. The maximum absolute atomic E-state index is 4.64. The van der Waals surface area contributed by atoms with E-state index in [9.17, 15) is 0 Å². The van der Waals surface area contributed by atoms with Crippen molar-refractivity contribution in [2.75, 3.05) is 0 Å². The van der Waals surface area contributed by atoms with Gasteiger partial charge in [0.05, 0.1) is 11.9 Å². The van der Waals surface area contributed by atoms with Gasteiger partial charge in [0.25, 0.3) is 0 Å². The van der Waals surface area contributed by atoms with Crippen LogP contribution in [0.4, 0.5) is 0 Å². The molecule has 0 fully saturated rings. The molecule has 1 atom stereocenters. The van der Waals surface area contributed by atoms with E-state index >= 15 is 0 Å². The van der Waals surface area contributed by atoms with Gasteiger partial charge in [0.15, 0.2) is 0 Å². The topological polar surface area (TPSA) is 47.2 Å². The van der Waals surface area contributed by atoms with Gasteiger partial charge in [-0.2, -0.15) is 5.10 Å². The van der Waals surface area contributed by atoms with Crippen molar-refractivity contribution in [3.8, 4) is 0 Å². The van der Waals surface area contributed by atoms with Crippen molar-refractivity contribution in [2.45, 2.75) is 31.8 Å². The van der Waals surface area contributed by atoms with Crippen molar-refractivity contribution in [2.24, 2.45) is 7.05 Å². The molecule has 0 amide bonds. The fourth-order valence-corrected chi connectivity index (χ4v) is 3.22. The van der Waals surface area contributed by atoms with Crippen LogP contribution >= 0.6 is 0 Å². The molecule has 3 aromatic rings. The van der Waals surface area contributed by atoms with Gasteiger partial charge in [-0.15, -0.1) is 0 Å². The van der Waals surface area contributed by atoms with E-state index in [1.807, 2.05) is 42.3 Å². The molecule has 5 heteroatoms. The van der Waals surface area contributed by atoms with Crippen molar-refractivity contribution in [1.29, 1.82) is 0 Å². The minimum atomic E-state index is 0.396. The van der Waals surface area contributed by atoms with Gasteiger partial charge < -0.3 is 9.72 Å². The van der Waals surface area contributed by atoms with Gasteiger partial charge >= 0.3 is 0 Å². The first-order valence-electron chi connectivity index (χ1n) is 7.48. The SMILES string of the molecule is Cn1ncc2c1CCCC2NCc1cn2ccccc2n1. The van der Waals surface area contributed by atoms with Crippen LogP contribution in [0.3, 0.4) is 0 Å². The number of imidazole rings is 1. The fourth-order valence-electron chi connectivity index (χ4n) is 3.22. The van der Waals surface area contributed by atoms with Crippen LogP contribution in [0.1, 0.15) is 35.8 Å². The van der Waals surface area contributed by atoms with E-state index in [0.717, 1.165) is 24.3 Å². The molecule has 0 saturated carbocycles. The summed E-state index contributed by atoms with van der Waals surface area (Å²) >= 11 is 0. The van der Waals surface area contributed by atoms with Crippen molar-refractivity contribution in [3.05, 3.63) is 53.7 Å². The van der Waals surface area contributed by atoms with E-state index < -0.39 is 0 Å². The van der Waals surface area contributed by atoms with Gasteiger partial charge in [-0.1, -0.05) is 6.07 Å². The normalized spacial score (nSPS) is 18.0. The Balaban J connectivity index is 1.52. The van der Waals surface area contributed by atoms with Crippen LogP contribution in [0.25, 0.3) is 5.65 Å². The maximum Gasteiger partial charge on any atom is 0.137 e. The van der Waals surface area contributed by atoms with E-state index in [1.54, 1.807) is 0 Å². The number of nitrogens with one attached hydrogen (secondary N) is 1. The second-order valence-electron chi connectivity index (χ2n) is 5.69. The number of fused-ring (bicyclic) bond motifs is 2. The lowest BCUT2D eigenvalue weighted by Gasteiger charge is -2.23. The highest BCUT2D eigenvalue weighted by molar-refractivity contribution is 5.39. The molecule has 5 nitrogen and oxygen atoms in total. The molecule has 0 aliphatic heterocycles. The monoisotopic (exact) mass is 281 g/mol. The lowest BCUT2D eigenvalue weighted by atomic mass is 9.93. The summed E-state index contributed by atoms with van der Waals surface area (Å²) in [6.07, 6.45) is 9.66. The van der Waals surface area contributed by atoms with Crippen LogP contribution in [0.2, 0.25) is 0 Å². The van der Waals surface area contributed by atoms with Gasteiger partial charge in [-0.3, -0.25) is 4.68 Å². The van der Waals surface area contributed by atoms with Crippen LogP contribution < -0.4 is 5.32 Å². The number of nitrogens with zero attached hydrogens (tertiary/aromatic N) is 4. The largest absolute Gasteiger partial charge is 0.307 e. The molecule has 4 rings (SSSR count). The zero-order valence-electron chi connectivity index (χ0n) is 12.2. The predicted octanol–water partition coefficient (Wildman–Crippen LogP) is 2.24. The molecule has 0 spiro atoms. The Labute approximate surface area is 123 Å². The Hall–Kier alpha value is -2.14. The summed E-state index contributed by atoms with van der Waals surface area (Å²) in [7, 11) is 2.03. The zero-order chi connectivity index (χ0) is 14.2. The first-order valence-corrected chi connectivity index (χ1v) is 7.48. The highest BCUT2D eigenvalue weighted by atomic mass is 15.3. The highest BCUT2D eigenvalue weighted by Gasteiger charge is 2.23. The minimum Gasteiger partial charge on any atom is -0.307 e. The summed E-state index contributed by atoms with van der Waals surface area (Å²) in [4.78, 5) is 4.64. The van der Waals surface area contributed by atoms with Gasteiger partial charge in [-0.25, -0.2) is 4.98 Å². The molecule has 108 valence electrons. The molecule has 0 aromatic carbocycles. The van der Waals surface area contributed by atoms with E-state index in [0.29, 0.717) is 6.04 Å². The quantitative estimate of drug-likeness (QED) is 0.801. The predicted molar refractivity (Wildman–Crippen MR) is 80.9 cm³/mol. The molecule has 3 aromatic heterocycles. The van der Waals surface area contributed by atoms with Gasteiger partial charge in [-0.05, 0) is 31.4 Å². The second-order valence-corrected chi connectivity index (χ2v) is 5.69. The zero-order valence-corrected chi connectivity index (χ0v) is 12.2. The smallest absolute Gasteiger partial charge is 0.137 e. The molecule has 21 heavy (non-hydrogen) atoms. The minimum absolute atomic E-state index is 0.396. The average molecular weight is 281 g/mol. The van der Waals surface area contributed by atoms with Crippen molar-refractivity contribution in [3.63, 3.8) is 0 Å². The van der Waals surface area contributed by atoms with Crippen LogP contribution in [0.5, 0.6) is 0 Å². The second kappa shape index (κ2) is 5.00. The first-order chi connectivity index (χ1) is 10.3. The number of aryl methyl sites for hydroxylation is 1. The lowest BCUT2D eigenvalue weighted by Crippen LogP contribution is -2.25. The van der Waals surface area contributed by atoms with Crippen LogP contribution in [-0.2, 0) is 20.0 Å². The third kappa shape index (κ3) is 2.23. The van der Waals surface area contributed by atoms with Crippen molar-refractivity contribution < 1.29 is 0 Å². The van der Waals surface area contributed by atoms with Crippen LogP contribution in [0.15, 0.2) is 36.8 Å². The Morgan fingerprint density at radius 1 is 1.38 bits per heavy atom. The molecule has 1 unspecified atom stereocenters. The van der Waals surface area contributed by atoms with Crippen molar-refractivity contribution >= 4 is 5.65 Å². The lowest BCUT2D eigenvalue weighted by molar-refractivity contribution is 0.450. The Bertz CT molecular complexity index is 737.